The Morgan fingerprint density at radius 2 is 2.07 bits per heavy atom. The highest BCUT2D eigenvalue weighted by Gasteiger charge is 2.39. The highest BCUT2D eigenvalue weighted by molar-refractivity contribution is 6.06. The summed E-state index contributed by atoms with van der Waals surface area (Å²) in [5.74, 6) is -0.363. The molecule has 0 spiro atoms. The molecule has 0 aliphatic carbocycles. The maximum absolute atomic E-state index is 12.9. The summed E-state index contributed by atoms with van der Waals surface area (Å²) in [5.41, 5.74) is 2.07. The van der Waals surface area contributed by atoms with Gasteiger partial charge in [0.15, 0.2) is 0 Å². The molecule has 2 atom stereocenters. The van der Waals surface area contributed by atoms with E-state index >= 15 is 0 Å². The van der Waals surface area contributed by atoms with Crippen LogP contribution in [0.4, 0.5) is 5.69 Å². The van der Waals surface area contributed by atoms with Crippen molar-refractivity contribution in [1.29, 1.82) is 0 Å². The quantitative estimate of drug-likeness (QED) is 0.741. The number of anilines is 1. The van der Waals surface area contributed by atoms with Crippen LogP contribution in [0.2, 0.25) is 0 Å². The van der Waals surface area contributed by atoms with E-state index in [0.717, 1.165) is 37.2 Å². The Balaban J connectivity index is 1.45. The normalized spacial score (nSPS) is 24.4. The fraction of sp³-hybridized carbons (Fsp3) is 0.524. The standard InChI is InChI=1S/C21H26N4O4/c1-13-4-3-9-24(11-13)19(27)10-22-16-6-2-5-14-15(16)12-25(21(14)29)17-7-8-18(26)23-20(17)28/h2,5-6,13,17,22H,3-4,7-12H2,1H3,(H,23,26,28). The summed E-state index contributed by atoms with van der Waals surface area (Å²) in [4.78, 5) is 52.4. The number of nitrogens with zero attached hydrogens (tertiary/aromatic N) is 2. The molecule has 8 heteroatoms. The Hall–Kier alpha value is -2.90. The predicted octanol–water partition coefficient (Wildman–Crippen LogP) is 1.12. The topological polar surface area (TPSA) is 98.8 Å². The van der Waals surface area contributed by atoms with Gasteiger partial charge in [0.05, 0.1) is 6.54 Å². The number of likely N-dealkylation sites (tertiary alicyclic amines) is 1. The van der Waals surface area contributed by atoms with Crippen LogP contribution in [0.1, 0.15) is 48.5 Å². The molecular weight excluding hydrogens is 372 g/mol. The third-order valence-corrected chi connectivity index (χ3v) is 6.02. The van der Waals surface area contributed by atoms with Gasteiger partial charge in [-0.2, -0.15) is 0 Å². The van der Waals surface area contributed by atoms with Gasteiger partial charge in [-0.1, -0.05) is 13.0 Å². The van der Waals surface area contributed by atoms with Crippen molar-refractivity contribution >= 4 is 29.3 Å². The maximum atomic E-state index is 12.9. The molecule has 0 radical (unpaired) electrons. The van der Waals surface area contributed by atoms with E-state index in [9.17, 15) is 19.2 Å². The molecule has 8 nitrogen and oxygen atoms in total. The van der Waals surface area contributed by atoms with E-state index in [1.165, 1.54) is 4.90 Å². The molecule has 2 fully saturated rings. The van der Waals surface area contributed by atoms with Gasteiger partial charge in [0.1, 0.15) is 6.04 Å². The molecule has 0 saturated carbocycles. The van der Waals surface area contributed by atoms with Crippen molar-refractivity contribution in [2.45, 2.75) is 45.2 Å². The smallest absolute Gasteiger partial charge is 0.255 e. The Morgan fingerprint density at radius 3 is 2.83 bits per heavy atom. The van der Waals surface area contributed by atoms with Crippen LogP contribution in [0.5, 0.6) is 0 Å². The van der Waals surface area contributed by atoms with E-state index in [0.29, 0.717) is 24.4 Å². The summed E-state index contributed by atoms with van der Waals surface area (Å²) < 4.78 is 0. The molecule has 3 heterocycles. The first-order chi connectivity index (χ1) is 13.9. The Morgan fingerprint density at radius 1 is 1.24 bits per heavy atom. The van der Waals surface area contributed by atoms with E-state index in [1.54, 1.807) is 12.1 Å². The highest BCUT2D eigenvalue weighted by Crippen LogP contribution is 2.32. The van der Waals surface area contributed by atoms with Gasteiger partial charge < -0.3 is 15.1 Å². The van der Waals surface area contributed by atoms with Crippen LogP contribution in [0.25, 0.3) is 0 Å². The molecule has 29 heavy (non-hydrogen) atoms. The molecule has 154 valence electrons. The third kappa shape index (κ3) is 3.83. The van der Waals surface area contributed by atoms with Crippen LogP contribution in [-0.2, 0) is 20.9 Å². The molecule has 4 amide bonds. The fourth-order valence-electron chi connectivity index (χ4n) is 4.45. The first-order valence-electron chi connectivity index (χ1n) is 10.2. The van der Waals surface area contributed by atoms with Crippen LogP contribution in [0, 0.1) is 5.92 Å². The first kappa shape index (κ1) is 19.4. The minimum absolute atomic E-state index is 0.0560. The Kier molecular flexibility index (Phi) is 5.25. The number of rotatable bonds is 4. The van der Waals surface area contributed by atoms with Crippen molar-refractivity contribution in [1.82, 2.24) is 15.1 Å². The molecule has 4 rings (SSSR count). The van der Waals surface area contributed by atoms with Crippen LogP contribution in [0.3, 0.4) is 0 Å². The fourth-order valence-corrected chi connectivity index (χ4v) is 4.45. The van der Waals surface area contributed by atoms with Crippen molar-refractivity contribution in [3.8, 4) is 0 Å². The van der Waals surface area contributed by atoms with Crippen molar-refractivity contribution in [3.63, 3.8) is 0 Å². The van der Waals surface area contributed by atoms with Gasteiger partial charge in [-0.05, 0) is 37.3 Å². The molecule has 0 aromatic heterocycles. The van der Waals surface area contributed by atoms with E-state index in [-0.39, 0.29) is 30.7 Å². The number of benzene rings is 1. The third-order valence-electron chi connectivity index (χ3n) is 6.02. The highest BCUT2D eigenvalue weighted by atomic mass is 16.2. The molecule has 1 aromatic rings. The van der Waals surface area contributed by atoms with Crippen LogP contribution < -0.4 is 10.6 Å². The van der Waals surface area contributed by atoms with E-state index in [1.807, 2.05) is 11.0 Å². The van der Waals surface area contributed by atoms with Gasteiger partial charge in [-0.25, -0.2) is 0 Å². The average molecular weight is 398 g/mol. The summed E-state index contributed by atoms with van der Waals surface area (Å²) in [7, 11) is 0. The first-order valence-corrected chi connectivity index (χ1v) is 10.2. The second kappa shape index (κ2) is 7.85. The second-order valence-electron chi connectivity index (χ2n) is 8.17. The van der Waals surface area contributed by atoms with Gasteiger partial charge in [0, 0.05) is 42.9 Å². The number of hydrogen-bond acceptors (Lipinski definition) is 5. The summed E-state index contributed by atoms with van der Waals surface area (Å²) in [6, 6.07) is 4.73. The molecule has 3 aliphatic heterocycles. The van der Waals surface area contributed by atoms with Crippen LogP contribution >= 0.6 is 0 Å². The minimum atomic E-state index is -0.642. The summed E-state index contributed by atoms with van der Waals surface area (Å²) >= 11 is 0. The van der Waals surface area contributed by atoms with Gasteiger partial charge in [-0.3, -0.25) is 24.5 Å². The van der Waals surface area contributed by atoms with E-state index in [4.69, 9.17) is 0 Å². The molecule has 3 aliphatic rings. The Bertz CT molecular complexity index is 868. The lowest BCUT2D eigenvalue weighted by Gasteiger charge is -2.31. The van der Waals surface area contributed by atoms with Crippen LogP contribution in [-0.4, -0.2) is 59.1 Å². The lowest BCUT2D eigenvalue weighted by Crippen LogP contribution is -2.52. The molecule has 2 unspecified atom stereocenters. The SMILES string of the molecule is CC1CCCN(C(=O)CNc2cccc3c2CN(C2CCC(=O)NC2=O)C3=O)C1. The number of fused-ring (bicyclic) bond motifs is 1. The number of piperidine rings is 2. The van der Waals surface area contributed by atoms with Crippen molar-refractivity contribution < 1.29 is 19.2 Å². The lowest BCUT2D eigenvalue weighted by atomic mass is 10.0. The van der Waals surface area contributed by atoms with Gasteiger partial charge >= 0.3 is 0 Å². The zero-order chi connectivity index (χ0) is 20.5. The van der Waals surface area contributed by atoms with Crippen LogP contribution in [0.15, 0.2) is 18.2 Å². The summed E-state index contributed by atoms with van der Waals surface area (Å²) in [5, 5.41) is 5.51. The predicted molar refractivity (Wildman–Crippen MR) is 106 cm³/mol. The Labute approximate surface area is 169 Å². The van der Waals surface area contributed by atoms with Gasteiger partial charge in [-0.15, -0.1) is 0 Å². The molecule has 2 N–H and O–H groups in total. The van der Waals surface area contributed by atoms with Crippen molar-refractivity contribution in [2.75, 3.05) is 25.0 Å². The lowest BCUT2D eigenvalue weighted by molar-refractivity contribution is -0.137. The number of carbonyl (C=O) groups is 4. The number of imide groups is 1. The largest absolute Gasteiger partial charge is 0.376 e. The molecular formula is C21H26N4O4. The maximum Gasteiger partial charge on any atom is 0.255 e. The van der Waals surface area contributed by atoms with E-state index in [2.05, 4.69) is 17.6 Å². The average Bonchev–Trinajstić information content (AvgIpc) is 3.03. The number of nitrogens with one attached hydrogen (secondary N) is 2. The van der Waals surface area contributed by atoms with Gasteiger partial charge in [0.2, 0.25) is 17.7 Å². The molecule has 1 aromatic carbocycles. The monoisotopic (exact) mass is 398 g/mol. The zero-order valence-corrected chi connectivity index (χ0v) is 16.6. The number of amides is 4. The van der Waals surface area contributed by atoms with E-state index < -0.39 is 11.9 Å². The number of hydrogen-bond donors (Lipinski definition) is 2. The molecule has 2 saturated heterocycles. The number of carbonyl (C=O) groups excluding carboxylic acids is 4. The second-order valence-corrected chi connectivity index (χ2v) is 8.17. The van der Waals surface area contributed by atoms with Gasteiger partial charge in [0.25, 0.3) is 5.91 Å². The zero-order valence-electron chi connectivity index (χ0n) is 16.6. The van der Waals surface area contributed by atoms with Crippen molar-refractivity contribution in [2.24, 2.45) is 5.92 Å². The van der Waals surface area contributed by atoms with Crippen molar-refractivity contribution in [3.05, 3.63) is 29.3 Å². The minimum Gasteiger partial charge on any atom is -0.376 e. The summed E-state index contributed by atoms with van der Waals surface area (Å²) in [6.07, 6.45) is 2.74. The summed E-state index contributed by atoms with van der Waals surface area (Å²) in [6.45, 7) is 4.20. The molecule has 0 bridgehead atoms.